The van der Waals surface area contributed by atoms with E-state index in [0.29, 0.717) is 48.6 Å². The van der Waals surface area contributed by atoms with E-state index < -0.39 is 17.3 Å². The van der Waals surface area contributed by atoms with Gasteiger partial charge in [-0.25, -0.2) is 0 Å². The molecule has 1 spiro atoms. The number of para-hydroxylation sites is 1. The van der Waals surface area contributed by atoms with Crippen molar-refractivity contribution in [2.24, 2.45) is 11.8 Å². The molecule has 0 unspecified atom stereocenters. The number of benzene rings is 3. The number of aromatic nitrogens is 3. The second-order valence-corrected chi connectivity index (χ2v) is 12.9. The second-order valence-electron chi connectivity index (χ2n) is 12.9. The van der Waals surface area contributed by atoms with Crippen LogP contribution in [0.1, 0.15) is 54.4 Å². The number of carbonyl (C=O) groups is 2. The van der Waals surface area contributed by atoms with Gasteiger partial charge in [-0.05, 0) is 68.3 Å². The third kappa shape index (κ3) is 6.14. The van der Waals surface area contributed by atoms with E-state index in [2.05, 4.69) is 15.6 Å². The summed E-state index contributed by atoms with van der Waals surface area (Å²) in [6.45, 7) is 6.33. The molecule has 2 aliphatic rings. The monoisotopic (exact) mass is 639 g/mol. The van der Waals surface area contributed by atoms with Crippen LogP contribution < -0.4 is 15.0 Å². The quantitative estimate of drug-likeness (QED) is 0.221. The minimum atomic E-state index is -1.26. The molecule has 11 nitrogen and oxygen atoms in total. The number of fused-ring (bicyclic) bond motifs is 2. The topological polar surface area (TPSA) is 139 Å². The first kappa shape index (κ1) is 32.4. The molecule has 4 aromatic rings. The fraction of sp³-hybridized carbons (Fsp3) is 0.389. The maximum Gasteiger partial charge on any atom is 0.264 e. The van der Waals surface area contributed by atoms with Crippen molar-refractivity contribution >= 4 is 23.2 Å². The lowest BCUT2D eigenvalue weighted by atomic mass is 9.71. The van der Waals surface area contributed by atoms with Crippen LogP contribution in [-0.2, 0) is 34.6 Å². The number of nitrogens with zero attached hydrogens (tertiary/aromatic N) is 4. The standard InChI is InChI=1S/C36H41N5O6/c1-23-32(35(2,3)45)31(17-19-40-22-27(18-20-42)38-39-40)47-36(23)29-7-5-6-8-30(29)41(34(36)44)21-24-9-13-26(14-10-24)37-33(43)25-11-15-28(46-4)16-12-25/h5-16,22-23,31-32,42,45H,17-21H2,1-4H3,(H,37,43)/t23-,31+,32-,36+/m1/s1. The molecule has 2 aliphatic heterocycles. The molecule has 0 bridgehead atoms. The fourth-order valence-electron chi connectivity index (χ4n) is 7.22. The van der Waals surface area contributed by atoms with E-state index in [0.717, 1.165) is 16.8 Å². The predicted octanol–water partition coefficient (Wildman–Crippen LogP) is 4.33. The van der Waals surface area contributed by atoms with Crippen LogP contribution in [0.2, 0.25) is 0 Å². The highest BCUT2D eigenvalue weighted by molar-refractivity contribution is 6.07. The molecule has 3 heterocycles. The Kier molecular flexibility index (Phi) is 8.88. The first-order valence-corrected chi connectivity index (χ1v) is 15.9. The van der Waals surface area contributed by atoms with Gasteiger partial charge in [0.15, 0.2) is 5.60 Å². The van der Waals surface area contributed by atoms with E-state index in [-0.39, 0.29) is 30.3 Å². The molecule has 3 N–H and O–H groups in total. The smallest absolute Gasteiger partial charge is 0.264 e. The molecule has 1 aromatic heterocycles. The van der Waals surface area contributed by atoms with Crippen molar-refractivity contribution in [3.63, 3.8) is 0 Å². The van der Waals surface area contributed by atoms with Gasteiger partial charge in [0.2, 0.25) is 0 Å². The van der Waals surface area contributed by atoms with E-state index in [1.807, 2.05) is 55.5 Å². The second kappa shape index (κ2) is 12.9. The molecule has 11 heteroatoms. The summed E-state index contributed by atoms with van der Waals surface area (Å²) in [5.74, 6) is -0.389. The number of aliphatic hydroxyl groups is 2. The van der Waals surface area contributed by atoms with Gasteiger partial charge in [0, 0.05) is 54.4 Å². The molecule has 47 heavy (non-hydrogen) atoms. The minimum absolute atomic E-state index is 0.00540. The summed E-state index contributed by atoms with van der Waals surface area (Å²) >= 11 is 0. The van der Waals surface area contributed by atoms with Crippen molar-refractivity contribution in [1.29, 1.82) is 0 Å². The molecule has 6 rings (SSSR count). The lowest BCUT2D eigenvalue weighted by Gasteiger charge is -2.34. The molecule has 4 atom stereocenters. The Labute approximate surface area is 274 Å². The maximum atomic E-state index is 14.6. The van der Waals surface area contributed by atoms with Gasteiger partial charge in [0.25, 0.3) is 11.8 Å². The van der Waals surface area contributed by atoms with E-state index in [1.165, 1.54) is 0 Å². The van der Waals surface area contributed by atoms with Crippen LogP contribution in [0.3, 0.4) is 0 Å². The highest BCUT2D eigenvalue weighted by atomic mass is 16.5. The first-order chi connectivity index (χ1) is 22.5. The Hall–Kier alpha value is -4.58. The average molecular weight is 640 g/mol. The van der Waals surface area contributed by atoms with Crippen LogP contribution in [0.25, 0.3) is 0 Å². The van der Waals surface area contributed by atoms with Crippen molar-refractivity contribution in [1.82, 2.24) is 15.0 Å². The molecule has 2 amide bonds. The zero-order valence-electron chi connectivity index (χ0n) is 27.1. The lowest BCUT2D eigenvalue weighted by Crippen LogP contribution is -2.46. The number of aliphatic hydroxyl groups excluding tert-OH is 1. The normalized spacial score (nSPS) is 22.1. The average Bonchev–Trinajstić information content (AvgIpc) is 3.71. The van der Waals surface area contributed by atoms with E-state index in [1.54, 1.807) is 61.0 Å². The summed E-state index contributed by atoms with van der Waals surface area (Å²) < 4.78 is 13.7. The van der Waals surface area contributed by atoms with Crippen molar-refractivity contribution in [3.05, 3.63) is 101 Å². The van der Waals surface area contributed by atoms with E-state index in [9.17, 15) is 19.8 Å². The summed E-state index contributed by atoms with van der Waals surface area (Å²) in [5.41, 5.74) is 1.93. The molecule has 0 saturated carbocycles. The molecule has 1 fully saturated rings. The van der Waals surface area contributed by atoms with Gasteiger partial charge in [-0.15, -0.1) is 5.10 Å². The third-order valence-electron chi connectivity index (χ3n) is 9.39. The van der Waals surface area contributed by atoms with Crippen LogP contribution in [0.5, 0.6) is 5.75 Å². The van der Waals surface area contributed by atoms with Crippen molar-refractivity contribution in [3.8, 4) is 5.75 Å². The Balaban J connectivity index is 1.22. The number of anilines is 2. The molecule has 0 aliphatic carbocycles. The molecule has 0 radical (unpaired) electrons. The minimum Gasteiger partial charge on any atom is -0.497 e. The lowest BCUT2D eigenvalue weighted by molar-refractivity contribution is -0.146. The number of ether oxygens (including phenoxy) is 2. The Bertz CT molecular complexity index is 1730. The highest BCUT2D eigenvalue weighted by Gasteiger charge is 2.65. The van der Waals surface area contributed by atoms with Gasteiger partial charge in [-0.3, -0.25) is 14.3 Å². The predicted molar refractivity (Wildman–Crippen MR) is 176 cm³/mol. The number of amides is 2. The van der Waals surface area contributed by atoms with Crippen molar-refractivity contribution < 1.29 is 29.3 Å². The Morgan fingerprint density at radius 2 is 1.81 bits per heavy atom. The van der Waals surface area contributed by atoms with Gasteiger partial charge in [0.1, 0.15) is 5.75 Å². The van der Waals surface area contributed by atoms with Gasteiger partial charge < -0.3 is 29.9 Å². The summed E-state index contributed by atoms with van der Waals surface area (Å²) in [7, 11) is 1.58. The largest absolute Gasteiger partial charge is 0.497 e. The van der Waals surface area contributed by atoms with Crippen LogP contribution in [-0.4, -0.2) is 62.4 Å². The molecular formula is C36H41N5O6. The SMILES string of the molecule is COc1ccc(C(=O)Nc2ccc(CN3C(=O)[C@@]4(O[C@@H](CCn5cc(CCO)nn5)[C@H](C(C)(C)O)[C@H]4C)c4ccccc43)cc2)cc1. The summed E-state index contributed by atoms with van der Waals surface area (Å²) in [5, 5.41) is 31.8. The van der Waals surface area contributed by atoms with Gasteiger partial charge in [0.05, 0.1) is 36.7 Å². The highest BCUT2D eigenvalue weighted by Crippen LogP contribution is 2.57. The van der Waals surface area contributed by atoms with E-state index in [4.69, 9.17) is 9.47 Å². The zero-order chi connectivity index (χ0) is 33.3. The third-order valence-corrected chi connectivity index (χ3v) is 9.39. The van der Waals surface area contributed by atoms with Gasteiger partial charge >= 0.3 is 0 Å². The summed E-state index contributed by atoms with van der Waals surface area (Å²) in [4.78, 5) is 29.1. The number of nitrogens with one attached hydrogen (secondary N) is 1. The van der Waals surface area contributed by atoms with Crippen molar-refractivity contribution in [2.45, 2.75) is 64.0 Å². The molecule has 1 saturated heterocycles. The Morgan fingerprint density at radius 1 is 1.09 bits per heavy atom. The number of aryl methyl sites for hydroxylation is 1. The van der Waals surface area contributed by atoms with Gasteiger partial charge in [-0.2, -0.15) is 0 Å². The summed E-state index contributed by atoms with van der Waals surface area (Å²) in [6, 6.07) is 22.0. The number of hydrogen-bond acceptors (Lipinski definition) is 8. The van der Waals surface area contributed by atoms with Crippen LogP contribution in [0.4, 0.5) is 11.4 Å². The van der Waals surface area contributed by atoms with Gasteiger partial charge in [-0.1, -0.05) is 42.5 Å². The van der Waals surface area contributed by atoms with E-state index >= 15 is 0 Å². The van der Waals surface area contributed by atoms with Crippen molar-refractivity contribution in [2.75, 3.05) is 23.9 Å². The summed E-state index contributed by atoms with van der Waals surface area (Å²) in [6.07, 6.45) is 2.31. The number of methoxy groups -OCH3 is 1. The van der Waals surface area contributed by atoms with Crippen LogP contribution in [0, 0.1) is 11.8 Å². The maximum absolute atomic E-state index is 14.6. The molecule has 246 valence electrons. The Morgan fingerprint density at radius 3 is 2.49 bits per heavy atom. The first-order valence-electron chi connectivity index (χ1n) is 15.9. The number of hydrogen-bond donors (Lipinski definition) is 3. The number of rotatable bonds is 11. The molecular weight excluding hydrogens is 598 g/mol. The molecule has 3 aromatic carbocycles. The van der Waals surface area contributed by atoms with Crippen LogP contribution in [0.15, 0.2) is 79.0 Å². The van der Waals surface area contributed by atoms with Crippen LogP contribution >= 0.6 is 0 Å². The zero-order valence-corrected chi connectivity index (χ0v) is 27.1. The fourth-order valence-corrected chi connectivity index (χ4v) is 7.22. The number of carbonyl (C=O) groups excluding carboxylic acids is 2.